The Balaban J connectivity index is 2.13. The molecule has 1 aliphatic rings. The van der Waals surface area contributed by atoms with Gasteiger partial charge in [0.1, 0.15) is 0 Å². The number of carbonyl (C=O) groups is 1. The normalized spacial score (nSPS) is 20.6. The molecule has 1 aliphatic heterocycles. The number of benzene rings is 1. The minimum Gasteiger partial charge on any atom is -0.388 e. The van der Waals surface area contributed by atoms with Crippen molar-refractivity contribution in [2.75, 3.05) is 12.4 Å². The lowest BCUT2D eigenvalue weighted by Crippen LogP contribution is -2.18. The van der Waals surface area contributed by atoms with E-state index in [1.165, 1.54) is 5.56 Å². The van der Waals surface area contributed by atoms with E-state index in [0.29, 0.717) is 6.42 Å². The number of hydrogen-bond acceptors (Lipinski definition) is 2. The zero-order valence-corrected chi connectivity index (χ0v) is 8.21. The van der Waals surface area contributed by atoms with E-state index >= 15 is 0 Å². The predicted molar refractivity (Wildman–Crippen MR) is 56.1 cm³/mol. The molecule has 1 fully saturated rings. The van der Waals surface area contributed by atoms with Crippen molar-refractivity contribution in [3.05, 3.63) is 29.8 Å². The molecule has 0 aliphatic carbocycles. The van der Waals surface area contributed by atoms with Gasteiger partial charge in [0, 0.05) is 19.2 Å². The molecule has 0 spiro atoms. The Labute approximate surface area is 83.5 Å². The second-order valence-electron chi connectivity index (χ2n) is 3.53. The van der Waals surface area contributed by atoms with E-state index in [1.54, 1.807) is 0 Å². The van der Waals surface area contributed by atoms with Crippen molar-refractivity contribution in [3.8, 4) is 0 Å². The van der Waals surface area contributed by atoms with Gasteiger partial charge in [-0.05, 0) is 24.1 Å². The first-order valence-electron chi connectivity index (χ1n) is 4.86. The third-order valence-corrected chi connectivity index (χ3v) is 2.60. The first-order chi connectivity index (χ1) is 6.79. The van der Waals surface area contributed by atoms with Crippen LogP contribution in [0.25, 0.3) is 0 Å². The maximum atomic E-state index is 11.0. The Kier molecular flexibility index (Phi) is 2.39. The van der Waals surface area contributed by atoms with E-state index in [1.807, 2.05) is 19.2 Å². The summed E-state index contributed by atoms with van der Waals surface area (Å²) in [5.74, 6) is 0.160. The zero-order chi connectivity index (χ0) is 9.97. The molecule has 1 saturated heterocycles. The van der Waals surface area contributed by atoms with Gasteiger partial charge >= 0.3 is 0 Å². The number of nitrogens with one attached hydrogen (secondary N) is 2. The van der Waals surface area contributed by atoms with Crippen molar-refractivity contribution in [2.45, 2.75) is 18.9 Å². The van der Waals surface area contributed by atoms with Gasteiger partial charge in [0.15, 0.2) is 0 Å². The third kappa shape index (κ3) is 1.71. The molecule has 3 nitrogen and oxygen atoms in total. The second kappa shape index (κ2) is 3.70. The minimum atomic E-state index is 0.160. The van der Waals surface area contributed by atoms with Gasteiger partial charge in [-0.1, -0.05) is 12.1 Å². The van der Waals surface area contributed by atoms with Crippen LogP contribution < -0.4 is 10.6 Å². The topological polar surface area (TPSA) is 41.1 Å². The Morgan fingerprint density at radius 3 is 2.57 bits per heavy atom. The molecule has 0 radical (unpaired) electrons. The highest BCUT2D eigenvalue weighted by atomic mass is 16.1. The van der Waals surface area contributed by atoms with E-state index in [9.17, 15) is 4.79 Å². The standard InChI is InChI=1S/C11H14N2O/c1-12-9-4-2-8(3-5-9)10-6-7-11(14)13-10/h2-5,10,12H,6-7H2,1H3,(H,13,14)/t10-/m0/s1. The van der Waals surface area contributed by atoms with E-state index in [0.717, 1.165) is 12.1 Å². The summed E-state index contributed by atoms with van der Waals surface area (Å²) < 4.78 is 0. The summed E-state index contributed by atoms with van der Waals surface area (Å²) in [6.45, 7) is 0. The van der Waals surface area contributed by atoms with Crippen LogP contribution in [-0.2, 0) is 4.79 Å². The van der Waals surface area contributed by atoms with Crippen LogP contribution in [-0.4, -0.2) is 13.0 Å². The van der Waals surface area contributed by atoms with Crippen LogP contribution in [0.5, 0.6) is 0 Å². The third-order valence-electron chi connectivity index (χ3n) is 2.60. The average Bonchev–Trinajstić information content (AvgIpc) is 2.65. The van der Waals surface area contributed by atoms with Crippen LogP contribution in [0, 0.1) is 0 Å². The Morgan fingerprint density at radius 2 is 2.07 bits per heavy atom. The van der Waals surface area contributed by atoms with Crippen molar-refractivity contribution in [2.24, 2.45) is 0 Å². The number of rotatable bonds is 2. The molecule has 3 heteroatoms. The summed E-state index contributed by atoms with van der Waals surface area (Å²) in [4.78, 5) is 11.0. The van der Waals surface area contributed by atoms with Crippen LogP contribution in [0.15, 0.2) is 24.3 Å². The summed E-state index contributed by atoms with van der Waals surface area (Å²) in [6, 6.07) is 8.39. The summed E-state index contributed by atoms with van der Waals surface area (Å²) in [5, 5.41) is 6.01. The molecule has 1 heterocycles. The van der Waals surface area contributed by atoms with Crippen molar-refractivity contribution in [3.63, 3.8) is 0 Å². The fourth-order valence-corrected chi connectivity index (χ4v) is 1.75. The highest BCUT2D eigenvalue weighted by Crippen LogP contribution is 2.24. The van der Waals surface area contributed by atoms with E-state index < -0.39 is 0 Å². The highest BCUT2D eigenvalue weighted by Gasteiger charge is 2.21. The van der Waals surface area contributed by atoms with Gasteiger partial charge < -0.3 is 10.6 Å². The van der Waals surface area contributed by atoms with E-state index in [2.05, 4.69) is 22.8 Å². The van der Waals surface area contributed by atoms with Crippen molar-refractivity contribution in [1.82, 2.24) is 5.32 Å². The summed E-state index contributed by atoms with van der Waals surface area (Å²) >= 11 is 0. The number of carbonyl (C=O) groups excluding carboxylic acids is 1. The van der Waals surface area contributed by atoms with E-state index in [-0.39, 0.29) is 11.9 Å². The summed E-state index contributed by atoms with van der Waals surface area (Å²) in [7, 11) is 1.90. The molecule has 0 aromatic heterocycles. The van der Waals surface area contributed by atoms with Crippen molar-refractivity contribution in [1.29, 1.82) is 0 Å². The molecule has 0 unspecified atom stereocenters. The molecular weight excluding hydrogens is 176 g/mol. The van der Waals surface area contributed by atoms with Crippen LogP contribution in [0.2, 0.25) is 0 Å². The minimum absolute atomic E-state index is 0.160. The van der Waals surface area contributed by atoms with Crippen molar-refractivity contribution < 1.29 is 4.79 Å². The second-order valence-corrected chi connectivity index (χ2v) is 3.53. The molecule has 14 heavy (non-hydrogen) atoms. The molecule has 2 N–H and O–H groups in total. The van der Waals surface area contributed by atoms with Crippen LogP contribution in [0.4, 0.5) is 5.69 Å². The zero-order valence-electron chi connectivity index (χ0n) is 8.21. The first-order valence-corrected chi connectivity index (χ1v) is 4.86. The van der Waals surface area contributed by atoms with Gasteiger partial charge in [0.2, 0.25) is 5.91 Å². The average molecular weight is 190 g/mol. The molecule has 0 saturated carbocycles. The largest absolute Gasteiger partial charge is 0.388 e. The van der Waals surface area contributed by atoms with Crippen LogP contribution >= 0.6 is 0 Å². The lowest BCUT2D eigenvalue weighted by molar-refractivity contribution is -0.119. The van der Waals surface area contributed by atoms with Crippen LogP contribution in [0.1, 0.15) is 24.4 Å². The molecule has 1 atom stereocenters. The molecular formula is C11H14N2O. The number of hydrogen-bond donors (Lipinski definition) is 2. The number of anilines is 1. The molecule has 1 amide bonds. The molecule has 2 rings (SSSR count). The van der Waals surface area contributed by atoms with Crippen molar-refractivity contribution >= 4 is 11.6 Å². The maximum Gasteiger partial charge on any atom is 0.220 e. The quantitative estimate of drug-likeness (QED) is 0.745. The fraction of sp³-hybridized carbons (Fsp3) is 0.364. The van der Waals surface area contributed by atoms with Gasteiger partial charge in [-0.3, -0.25) is 4.79 Å². The van der Waals surface area contributed by atoms with Gasteiger partial charge in [-0.2, -0.15) is 0 Å². The lowest BCUT2D eigenvalue weighted by Gasteiger charge is -2.10. The molecule has 1 aromatic carbocycles. The Hall–Kier alpha value is -1.51. The van der Waals surface area contributed by atoms with Gasteiger partial charge in [0.25, 0.3) is 0 Å². The molecule has 0 bridgehead atoms. The summed E-state index contributed by atoms with van der Waals surface area (Å²) in [5.41, 5.74) is 2.29. The van der Waals surface area contributed by atoms with Gasteiger partial charge in [-0.15, -0.1) is 0 Å². The van der Waals surface area contributed by atoms with Gasteiger partial charge in [0.05, 0.1) is 6.04 Å². The smallest absolute Gasteiger partial charge is 0.220 e. The summed E-state index contributed by atoms with van der Waals surface area (Å²) in [6.07, 6.45) is 1.57. The molecule has 1 aromatic rings. The maximum absolute atomic E-state index is 11.0. The van der Waals surface area contributed by atoms with E-state index in [4.69, 9.17) is 0 Å². The SMILES string of the molecule is CNc1ccc([C@@H]2CCC(=O)N2)cc1. The first kappa shape index (κ1) is 9.06. The molecule has 74 valence electrons. The number of amides is 1. The highest BCUT2D eigenvalue weighted by molar-refractivity contribution is 5.78. The Bertz CT molecular complexity index is 332. The fourth-order valence-electron chi connectivity index (χ4n) is 1.75. The Morgan fingerprint density at radius 1 is 1.36 bits per heavy atom. The monoisotopic (exact) mass is 190 g/mol. The lowest BCUT2D eigenvalue weighted by atomic mass is 10.1. The predicted octanol–water partition coefficient (Wildman–Crippen LogP) is 1.68. The van der Waals surface area contributed by atoms with Gasteiger partial charge in [-0.25, -0.2) is 0 Å². The van der Waals surface area contributed by atoms with Crippen LogP contribution in [0.3, 0.4) is 0 Å².